The molecular formula is C14H18FNO3. The van der Waals surface area contributed by atoms with E-state index >= 15 is 0 Å². The molecule has 0 spiro atoms. The van der Waals surface area contributed by atoms with E-state index in [-0.39, 0.29) is 12.5 Å². The second-order valence-electron chi connectivity index (χ2n) is 4.47. The first-order valence-electron chi connectivity index (χ1n) is 6.24. The number of nitrogens with zero attached hydrogens (tertiary/aromatic N) is 1. The minimum Gasteiger partial charge on any atom is -0.481 e. The molecule has 1 amide bonds. The zero-order valence-corrected chi connectivity index (χ0v) is 11.1. The average molecular weight is 267 g/mol. The molecule has 0 aromatic heterocycles. The molecule has 1 aromatic carbocycles. The molecule has 1 rings (SSSR count). The van der Waals surface area contributed by atoms with Gasteiger partial charge in [0.2, 0.25) is 5.91 Å². The molecule has 0 bridgehead atoms. The molecule has 104 valence electrons. The lowest BCUT2D eigenvalue weighted by Gasteiger charge is -2.24. The number of aliphatic carboxylic acids is 1. The summed E-state index contributed by atoms with van der Waals surface area (Å²) in [7, 11) is 0. The summed E-state index contributed by atoms with van der Waals surface area (Å²) in [5.41, 5.74) is 0.395. The Hall–Kier alpha value is -1.91. The van der Waals surface area contributed by atoms with E-state index in [1.807, 2.05) is 6.92 Å². The molecule has 0 radical (unpaired) electrons. The van der Waals surface area contributed by atoms with Crippen molar-refractivity contribution in [2.45, 2.75) is 26.7 Å². The minimum atomic E-state index is -0.981. The van der Waals surface area contributed by atoms with Crippen LogP contribution in [0.1, 0.15) is 26.7 Å². The standard InChI is InChI=1S/C14H18FNO3/c1-3-5-13(17)16(9-10(2)14(18)19)12-7-4-6-11(15)8-12/h4,6-8,10H,3,5,9H2,1-2H3,(H,18,19). The van der Waals surface area contributed by atoms with E-state index in [9.17, 15) is 14.0 Å². The molecule has 1 N–H and O–H groups in total. The van der Waals surface area contributed by atoms with Crippen molar-refractivity contribution in [1.82, 2.24) is 0 Å². The van der Waals surface area contributed by atoms with Crippen LogP contribution in [0.25, 0.3) is 0 Å². The van der Waals surface area contributed by atoms with Crippen LogP contribution in [0.15, 0.2) is 24.3 Å². The van der Waals surface area contributed by atoms with Gasteiger partial charge < -0.3 is 10.0 Å². The lowest BCUT2D eigenvalue weighted by atomic mass is 10.1. The second kappa shape index (κ2) is 6.87. The van der Waals surface area contributed by atoms with Crippen molar-refractivity contribution in [2.24, 2.45) is 5.92 Å². The highest BCUT2D eigenvalue weighted by molar-refractivity contribution is 5.93. The molecule has 4 nitrogen and oxygen atoms in total. The first-order valence-corrected chi connectivity index (χ1v) is 6.24. The topological polar surface area (TPSA) is 57.6 Å². The van der Waals surface area contributed by atoms with Gasteiger partial charge in [-0.15, -0.1) is 0 Å². The predicted octanol–water partition coefficient (Wildman–Crippen LogP) is 2.68. The monoisotopic (exact) mass is 267 g/mol. The fourth-order valence-electron chi connectivity index (χ4n) is 1.70. The van der Waals surface area contributed by atoms with E-state index in [0.717, 1.165) is 0 Å². The fourth-order valence-corrected chi connectivity index (χ4v) is 1.70. The molecule has 1 unspecified atom stereocenters. The Bertz CT molecular complexity index is 462. The van der Waals surface area contributed by atoms with Gasteiger partial charge in [0, 0.05) is 18.7 Å². The third kappa shape index (κ3) is 4.35. The molecule has 0 aliphatic heterocycles. The zero-order valence-electron chi connectivity index (χ0n) is 11.1. The first kappa shape index (κ1) is 15.1. The maximum atomic E-state index is 13.2. The summed E-state index contributed by atoms with van der Waals surface area (Å²) in [6.45, 7) is 3.42. The molecule has 1 aromatic rings. The molecule has 0 aliphatic rings. The quantitative estimate of drug-likeness (QED) is 0.862. The van der Waals surface area contributed by atoms with Gasteiger partial charge in [-0.05, 0) is 24.6 Å². The predicted molar refractivity (Wildman–Crippen MR) is 70.5 cm³/mol. The molecular weight excluding hydrogens is 249 g/mol. The molecule has 19 heavy (non-hydrogen) atoms. The van der Waals surface area contributed by atoms with Crippen molar-refractivity contribution in [3.05, 3.63) is 30.1 Å². The van der Waals surface area contributed by atoms with E-state index in [1.54, 1.807) is 6.07 Å². The maximum Gasteiger partial charge on any atom is 0.308 e. The van der Waals surface area contributed by atoms with E-state index in [0.29, 0.717) is 18.5 Å². The number of hydrogen-bond donors (Lipinski definition) is 1. The fraction of sp³-hybridized carbons (Fsp3) is 0.429. The van der Waals surface area contributed by atoms with Gasteiger partial charge in [-0.25, -0.2) is 4.39 Å². The Balaban J connectivity index is 2.98. The third-order valence-electron chi connectivity index (χ3n) is 2.76. The summed E-state index contributed by atoms with van der Waals surface area (Å²) in [6.07, 6.45) is 0.967. The lowest BCUT2D eigenvalue weighted by Crippen LogP contribution is -2.36. The van der Waals surface area contributed by atoms with Crippen LogP contribution in [0.2, 0.25) is 0 Å². The number of carboxylic acids is 1. The van der Waals surface area contributed by atoms with Crippen LogP contribution in [0, 0.1) is 11.7 Å². The number of carboxylic acid groups (broad SMARTS) is 1. The summed E-state index contributed by atoms with van der Waals surface area (Å²) in [5.74, 6) is -2.33. The summed E-state index contributed by atoms with van der Waals surface area (Å²) < 4.78 is 13.2. The highest BCUT2D eigenvalue weighted by Gasteiger charge is 2.21. The number of carbonyl (C=O) groups excluding carboxylic acids is 1. The summed E-state index contributed by atoms with van der Waals surface area (Å²) in [5, 5.41) is 8.93. The van der Waals surface area contributed by atoms with Crippen LogP contribution >= 0.6 is 0 Å². The molecule has 1 atom stereocenters. The van der Waals surface area contributed by atoms with Crippen LogP contribution in [0.5, 0.6) is 0 Å². The van der Waals surface area contributed by atoms with Crippen molar-refractivity contribution in [3.63, 3.8) is 0 Å². The minimum absolute atomic E-state index is 0.0393. The van der Waals surface area contributed by atoms with E-state index in [2.05, 4.69) is 0 Å². The number of hydrogen-bond acceptors (Lipinski definition) is 2. The average Bonchev–Trinajstić information content (AvgIpc) is 2.35. The van der Waals surface area contributed by atoms with Gasteiger partial charge in [-0.1, -0.05) is 19.9 Å². The number of halogens is 1. The largest absolute Gasteiger partial charge is 0.481 e. The van der Waals surface area contributed by atoms with Crippen LogP contribution in [0.3, 0.4) is 0 Å². The summed E-state index contributed by atoms with van der Waals surface area (Å²) in [6, 6.07) is 5.63. The van der Waals surface area contributed by atoms with Crippen molar-refractivity contribution < 1.29 is 19.1 Å². The molecule has 0 fully saturated rings. The summed E-state index contributed by atoms with van der Waals surface area (Å²) >= 11 is 0. The number of anilines is 1. The van der Waals surface area contributed by atoms with E-state index < -0.39 is 17.7 Å². The molecule has 0 heterocycles. The van der Waals surface area contributed by atoms with Crippen molar-refractivity contribution >= 4 is 17.6 Å². The Labute approximate surface area is 111 Å². The van der Waals surface area contributed by atoms with Gasteiger partial charge in [0.1, 0.15) is 5.82 Å². The van der Waals surface area contributed by atoms with Crippen LogP contribution in [0.4, 0.5) is 10.1 Å². The first-order chi connectivity index (χ1) is 8.95. The molecule has 0 saturated heterocycles. The highest BCUT2D eigenvalue weighted by Crippen LogP contribution is 2.19. The van der Waals surface area contributed by atoms with E-state index in [4.69, 9.17) is 5.11 Å². The Morgan fingerprint density at radius 2 is 2.11 bits per heavy atom. The van der Waals surface area contributed by atoms with Crippen LogP contribution in [-0.4, -0.2) is 23.5 Å². The Morgan fingerprint density at radius 1 is 1.42 bits per heavy atom. The molecule has 5 heteroatoms. The number of carbonyl (C=O) groups is 2. The van der Waals surface area contributed by atoms with Crippen LogP contribution < -0.4 is 4.90 Å². The van der Waals surface area contributed by atoms with Gasteiger partial charge in [-0.2, -0.15) is 0 Å². The Morgan fingerprint density at radius 3 is 2.63 bits per heavy atom. The number of benzene rings is 1. The SMILES string of the molecule is CCCC(=O)N(CC(C)C(=O)O)c1cccc(F)c1. The Kier molecular flexibility index (Phi) is 5.48. The van der Waals surface area contributed by atoms with Gasteiger partial charge in [0.05, 0.1) is 5.92 Å². The zero-order chi connectivity index (χ0) is 14.4. The normalized spacial score (nSPS) is 11.9. The van der Waals surface area contributed by atoms with Crippen molar-refractivity contribution in [2.75, 3.05) is 11.4 Å². The van der Waals surface area contributed by atoms with Crippen LogP contribution in [-0.2, 0) is 9.59 Å². The van der Waals surface area contributed by atoms with E-state index in [1.165, 1.54) is 30.0 Å². The van der Waals surface area contributed by atoms with Crippen molar-refractivity contribution in [1.29, 1.82) is 0 Å². The van der Waals surface area contributed by atoms with Gasteiger partial charge in [0.15, 0.2) is 0 Å². The number of rotatable bonds is 6. The van der Waals surface area contributed by atoms with Gasteiger partial charge >= 0.3 is 5.97 Å². The number of amides is 1. The van der Waals surface area contributed by atoms with Gasteiger partial charge in [-0.3, -0.25) is 9.59 Å². The molecule has 0 aliphatic carbocycles. The smallest absolute Gasteiger partial charge is 0.308 e. The second-order valence-corrected chi connectivity index (χ2v) is 4.47. The summed E-state index contributed by atoms with van der Waals surface area (Å²) in [4.78, 5) is 24.3. The lowest BCUT2D eigenvalue weighted by molar-refractivity contribution is -0.140. The highest BCUT2D eigenvalue weighted by atomic mass is 19.1. The van der Waals surface area contributed by atoms with Crippen molar-refractivity contribution in [3.8, 4) is 0 Å². The maximum absolute atomic E-state index is 13.2. The van der Waals surface area contributed by atoms with Gasteiger partial charge in [0.25, 0.3) is 0 Å². The third-order valence-corrected chi connectivity index (χ3v) is 2.76. The molecule has 0 saturated carbocycles.